The maximum atomic E-state index is 12.2. The average Bonchev–Trinajstić information content (AvgIpc) is 3.08. The third-order valence-electron chi connectivity index (χ3n) is 5.43. The fraction of sp³-hybridized carbons (Fsp3) is 0.524. The van der Waals surface area contributed by atoms with Gasteiger partial charge < -0.3 is 19.7 Å². The van der Waals surface area contributed by atoms with Gasteiger partial charge in [0.1, 0.15) is 18.1 Å². The van der Waals surface area contributed by atoms with E-state index in [4.69, 9.17) is 32.7 Å². The number of benzene rings is 1. The molecule has 3 rings (SSSR count). The van der Waals surface area contributed by atoms with Gasteiger partial charge in [0.25, 0.3) is 5.56 Å². The number of nitrogens with one attached hydrogen (secondary N) is 1. The van der Waals surface area contributed by atoms with Crippen molar-refractivity contribution in [3.63, 3.8) is 0 Å². The molecule has 1 fully saturated rings. The van der Waals surface area contributed by atoms with Crippen LogP contribution >= 0.6 is 23.2 Å². The lowest BCUT2D eigenvalue weighted by Gasteiger charge is -2.23. The van der Waals surface area contributed by atoms with Gasteiger partial charge in [-0.25, -0.2) is 4.79 Å². The van der Waals surface area contributed by atoms with Crippen LogP contribution in [0.5, 0.6) is 5.75 Å². The Balaban J connectivity index is 1.58. The van der Waals surface area contributed by atoms with Gasteiger partial charge in [-0.05, 0) is 44.4 Å². The van der Waals surface area contributed by atoms with Crippen molar-refractivity contribution in [3.8, 4) is 5.75 Å². The van der Waals surface area contributed by atoms with Crippen molar-refractivity contribution in [3.05, 3.63) is 60.8 Å². The Labute approximate surface area is 189 Å². The summed E-state index contributed by atoms with van der Waals surface area (Å²) < 4.78 is 12.9. The predicted molar refractivity (Wildman–Crippen MR) is 117 cm³/mol. The summed E-state index contributed by atoms with van der Waals surface area (Å²) in [6, 6.07) is 4.84. The molecule has 0 spiro atoms. The number of hydrogen-bond donors (Lipinski definition) is 3. The standard InChI is InChI=1S/C21H26Cl2N2O6/c1-3-12-10-25(21(29)24-20(12)28)19-9-16(27)18(31-19)7-5-15(26)11(2)30-17-6-4-13(22)8-14(17)23/h4,6,8,10-11,15-16,18-19,26-27H,3,5,7,9H2,1-2H3,(H,24,28,29)/t11?,15?,16-,18+,19+/m0/s1. The van der Waals surface area contributed by atoms with Crippen LogP contribution in [0.1, 0.15) is 44.9 Å². The average molecular weight is 473 g/mol. The van der Waals surface area contributed by atoms with Crippen LogP contribution in [0.15, 0.2) is 34.0 Å². The number of aliphatic hydroxyl groups is 2. The second-order valence-corrected chi connectivity index (χ2v) is 8.49. The number of aromatic nitrogens is 2. The number of aliphatic hydroxyl groups excluding tert-OH is 2. The Morgan fingerprint density at radius 3 is 2.77 bits per heavy atom. The van der Waals surface area contributed by atoms with Gasteiger partial charge in [0.15, 0.2) is 0 Å². The van der Waals surface area contributed by atoms with E-state index in [1.165, 1.54) is 10.8 Å². The number of aryl methyl sites for hydroxylation is 1. The summed E-state index contributed by atoms with van der Waals surface area (Å²) in [5.74, 6) is 0.416. The molecule has 0 bridgehead atoms. The number of ether oxygens (including phenoxy) is 2. The first-order valence-corrected chi connectivity index (χ1v) is 10.9. The number of nitrogens with zero attached hydrogens (tertiary/aromatic N) is 1. The Bertz CT molecular complexity index is 1020. The van der Waals surface area contributed by atoms with Crippen LogP contribution in [0.25, 0.3) is 0 Å². The first-order valence-electron chi connectivity index (χ1n) is 10.2. The van der Waals surface area contributed by atoms with Gasteiger partial charge in [0, 0.05) is 23.2 Å². The van der Waals surface area contributed by atoms with Crippen molar-refractivity contribution in [1.29, 1.82) is 0 Å². The normalized spacial score (nSPS) is 23.0. The van der Waals surface area contributed by atoms with Crippen LogP contribution < -0.4 is 16.0 Å². The van der Waals surface area contributed by atoms with Crippen molar-refractivity contribution in [2.45, 2.75) is 70.2 Å². The fourth-order valence-corrected chi connectivity index (χ4v) is 4.01. The third kappa shape index (κ3) is 5.70. The molecule has 3 N–H and O–H groups in total. The highest BCUT2D eigenvalue weighted by molar-refractivity contribution is 6.35. The van der Waals surface area contributed by atoms with E-state index in [2.05, 4.69) is 4.98 Å². The van der Waals surface area contributed by atoms with E-state index in [-0.39, 0.29) is 6.42 Å². The summed E-state index contributed by atoms with van der Waals surface area (Å²) >= 11 is 12.0. The number of aromatic amines is 1. The van der Waals surface area contributed by atoms with Gasteiger partial charge in [-0.2, -0.15) is 0 Å². The van der Waals surface area contributed by atoms with Crippen molar-refractivity contribution in [2.75, 3.05) is 0 Å². The quantitative estimate of drug-likeness (QED) is 0.544. The fourth-order valence-electron chi connectivity index (χ4n) is 3.56. The minimum atomic E-state index is -0.830. The van der Waals surface area contributed by atoms with E-state index in [0.29, 0.717) is 40.6 Å². The van der Waals surface area contributed by atoms with Crippen LogP contribution in [0.4, 0.5) is 0 Å². The maximum absolute atomic E-state index is 12.2. The van der Waals surface area contributed by atoms with E-state index < -0.39 is 41.9 Å². The van der Waals surface area contributed by atoms with Gasteiger partial charge in [-0.15, -0.1) is 0 Å². The van der Waals surface area contributed by atoms with Crippen molar-refractivity contribution in [2.24, 2.45) is 0 Å². The van der Waals surface area contributed by atoms with Gasteiger partial charge in [0.2, 0.25) is 0 Å². The van der Waals surface area contributed by atoms with Crippen LogP contribution in [-0.4, -0.2) is 44.2 Å². The van der Waals surface area contributed by atoms with E-state index >= 15 is 0 Å². The van der Waals surface area contributed by atoms with Gasteiger partial charge in [0.05, 0.1) is 23.3 Å². The molecule has 0 amide bonds. The predicted octanol–water partition coefficient (Wildman–Crippen LogP) is 2.66. The highest BCUT2D eigenvalue weighted by Crippen LogP contribution is 2.32. The molecule has 1 aromatic heterocycles. The highest BCUT2D eigenvalue weighted by Gasteiger charge is 2.36. The Morgan fingerprint density at radius 1 is 1.35 bits per heavy atom. The van der Waals surface area contributed by atoms with Crippen molar-refractivity contribution >= 4 is 23.2 Å². The van der Waals surface area contributed by atoms with Crippen LogP contribution in [0, 0.1) is 0 Å². The number of halogens is 2. The zero-order valence-corrected chi connectivity index (χ0v) is 18.8. The SMILES string of the molecule is CCc1cn([C@H]2C[C@H](O)[C@@H](CCC(O)C(C)Oc3ccc(Cl)cc3Cl)O2)c(=O)[nH]c1=O. The van der Waals surface area contributed by atoms with Crippen LogP contribution in [0.3, 0.4) is 0 Å². The van der Waals surface area contributed by atoms with Crippen molar-refractivity contribution in [1.82, 2.24) is 9.55 Å². The second-order valence-electron chi connectivity index (χ2n) is 7.65. The zero-order chi connectivity index (χ0) is 22.7. The van der Waals surface area contributed by atoms with Gasteiger partial charge in [-0.1, -0.05) is 30.1 Å². The Kier molecular flexibility index (Phi) is 7.82. The molecule has 0 radical (unpaired) electrons. The summed E-state index contributed by atoms with van der Waals surface area (Å²) in [7, 11) is 0. The molecule has 8 nitrogen and oxygen atoms in total. The summed E-state index contributed by atoms with van der Waals surface area (Å²) in [6.45, 7) is 3.53. The van der Waals surface area contributed by atoms with Gasteiger partial charge in [-0.3, -0.25) is 14.3 Å². The molecule has 1 aliphatic heterocycles. The minimum Gasteiger partial charge on any atom is -0.486 e. The first kappa shape index (κ1) is 23.8. The smallest absolute Gasteiger partial charge is 0.330 e. The highest BCUT2D eigenvalue weighted by atomic mass is 35.5. The van der Waals surface area contributed by atoms with E-state index in [9.17, 15) is 19.8 Å². The maximum Gasteiger partial charge on any atom is 0.330 e. The molecule has 0 aliphatic carbocycles. The summed E-state index contributed by atoms with van der Waals surface area (Å²) in [5, 5.41) is 21.7. The number of hydrogen-bond acceptors (Lipinski definition) is 6. The number of H-pyrrole nitrogens is 1. The molecular weight excluding hydrogens is 447 g/mol. The molecule has 2 unspecified atom stereocenters. The minimum absolute atomic E-state index is 0.211. The molecule has 1 aliphatic rings. The summed E-state index contributed by atoms with van der Waals surface area (Å²) in [4.78, 5) is 26.2. The van der Waals surface area contributed by atoms with Gasteiger partial charge >= 0.3 is 5.69 Å². The topological polar surface area (TPSA) is 114 Å². The summed E-state index contributed by atoms with van der Waals surface area (Å²) in [5.41, 5.74) is -0.540. The largest absolute Gasteiger partial charge is 0.486 e. The van der Waals surface area contributed by atoms with Crippen LogP contribution in [0.2, 0.25) is 10.0 Å². The molecule has 10 heteroatoms. The Hall–Kier alpha value is -1.84. The molecule has 2 aromatic rings. The number of rotatable bonds is 8. The molecule has 1 saturated heterocycles. The monoisotopic (exact) mass is 472 g/mol. The first-order chi connectivity index (χ1) is 14.7. The van der Waals surface area contributed by atoms with Crippen LogP contribution in [-0.2, 0) is 11.2 Å². The lowest BCUT2D eigenvalue weighted by atomic mass is 10.0. The molecule has 31 heavy (non-hydrogen) atoms. The van der Waals surface area contributed by atoms with E-state index in [1.54, 1.807) is 25.1 Å². The molecule has 170 valence electrons. The molecular formula is C21H26Cl2N2O6. The summed E-state index contributed by atoms with van der Waals surface area (Å²) in [6.07, 6.45) is -0.613. The molecule has 5 atom stereocenters. The van der Waals surface area contributed by atoms with Crippen molar-refractivity contribution < 1.29 is 19.7 Å². The lowest BCUT2D eigenvalue weighted by Crippen LogP contribution is -2.34. The molecule has 1 aromatic carbocycles. The lowest BCUT2D eigenvalue weighted by molar-refractivity contribution is -0.0367. The molecule has 2 heterocycles. The van der Waals surface area contributed by atoms with E-state index in [0.717, 1.165) is 0 Å². The second kappa shape index (κ2) is 10.2. The van der Waals surface area contributed by atoms with E-state index in [1.807, 2.05) is 6.92 Å². The third-order valence-corrected chi connectivity index (χ3v) is 5.96. The Morgan fingerprint density at radius 2 is 2.10 bits per heavy atom. The zero-order valence-electron chi connectivity index (χ0n) is 17.3. The molecule has 0 saturated carbocycles.